The Bertz CT molecular complexity index is 616. The minimum absolute atomic E-state index is 0.0210. The predicted molar refractivity (Wildman–Crippen MR) is 86.5 cm³/mol. The minimum atomic E-state index is -0.0210. The van der Waals surface area contributed by atoms with Gasteiger partial charge in [0.25, 0.3) is 0 Å². The van der Waals surface area contributed by atoms with Gasteiger partial charge in [0.1, 0.15) is 0 Å². The van der Waals surface area contributed by atoms with Gasteiger partial charge >= 0.3 is 0 Å². The average molecular weight is 279 g/mol. The van der Waals surface area contributed by atoms with Crippen LogP contribution in [0.4, 0.5) is 0 Å². The molecule has 1 unspecified atom stereocenters. The summed E-state index contributed by atoms with van der Waals surface area (Å²) in [4.78, 5) is 0. The summed E-state index contributed by atoms with van der Waals surface area (Å²) in [5.74, 6) is 0. The van der Waals surface area contributed by atoms with Crippen LogP contribution < -0.4 is 0 Å². The molecule has 2 rings (SSSR count). The van der Waals surface area contributed by atoms with Gasteiger partial charge in [0.2, 0.25) is 10.5 Å². The van der Waals surface area contributed by atoms with Gasteiger partial charge in [-0.05, 0) is 54.7 Å². The zero-order valence-electron chi connectivity index (χ0n) is 12.2. The van der Waals surface area contributed by atoms with Crippen LogP contribution in [-0.4, -0.2) is 16.6 Å². The first kappa shape index (κ1) is 14.8. The molecule has 0 saturated heterocycles. The van der Waals surface area contributed by atoms with E-state index in [4.69, 9.17) is 4.43 Å². The molecule has 1 nitrogen and oxygen atoms in total. The quantitative estimate of drug-likeness (QED) is 0.598. The predicted octanol–water partition coefficient (Wildman–Crippen LogP) is 4.33. The van der Waals surface area contributed by atoms with E-state index in [0.29, 0.717) is 0 Å². The van der Waals surface area contributed by atoms with Crippen LogP contribution in [0.3, 0.4) is 0 Å². The number of aryl methyl sites for hydroxylation is 2. The second-order valence-electron chi connectivity index (χ2n) is 5.03. The van der Waals surface area contributed by atoms with Crippen LogP contribution in [0.5, 0.6) is 0 Å². The van der Waals surface area contributed by atoms with E-state index in [1.54, 1.807) is 0 Å². The van der Waals surface area contributed by atoms with Crippen molar-refractivity contribution in [2.75, 3.05) is 0 Å². The van der Waals surface area contributed by atoms with E-state index in [-0.39, 0.29) is 6.10 Å². The smallest absolute Gasteiger partial charge is 0.247 e. The molecule has 2 heteroatoms. The molecule has 0 amide bonds. The van der Waals surface area contributed by atoms with Crippen molar-refractivity contribution in [1.29, 1.82) is 0 Å². The molecule has 2 aromatic carbocycles. The zero-order valence-corrected chi connectivity index (χ0v) is 13.2. The summed E-state index contributed by atoms with van der Waals surface area (Å²) >= 11 is 0. The minimum Gasteiger partial charge on any atom is -0.412 e. The molecule has 101 valence electrons. The Morgan fingerprint density at radius 2 is 1.60 bits per heavy atom. The Balaban J connectivity index is 2.55. The maximum Gasteiger partial charge on any atom is 0.247 e. The van der Waals surface area contributed by atoms with Gasteiger partial charge in [0.05, 0.1) is 6.10 Å². The Labute approximate surface area is 124 Å². The van der Waals surface area contributed by atoms with E-state index in [1.165, 1.54) is 27.8 Å². The van der Waals surface area contributed by atoms with Gasteiger partial charge in [0, 0.05) is 0 Å². The lowest BCUT2D eigenvalue weighted by molar-refractivity contribution is 0.308. The summed E-state index contributed by atoms with van der Waals surface area (Å²) in [5, 5.41) is 0. The van der Waals surface area contributed by atoms with Crippen LogP contribution >= 0.6 is 0 Å². The molecule has 0 aliphatic rings. The Kier molecular flexibility index (Phi) is 4.93. The van der Waals surface area contributed by atoms with Crippen LogP contribution in [0.1, 0.15) is 29.2 Å². The first-order chi connectivity index (χ1) is 9.63. The molecular weight excluding hydrogens is 260 g/mol. The van der Waals surface area contributed by atoms with Gasteiger partial charge in [-0.25, -0.2) is 0 Å². The molecule has 0 saturated carbocycles. The van der Waals surface area contributed by atoms with E-state index in [2.05, 4.69) is 78.9 Å². The lowest BCUT2D eigenvalue weighted by Gasteiger charge is -2.18. The molecule has 1 atom stereocenters. The molecule has 0 bridgehead atoms. The van der Waals surface area contributed by atoms with Crippen LogP contribution in [0.25, 0.3) is 11.6 Å². The summed E-state index contributed by atoms with van der Waals surface area (Å²) in [6, 6.07) is 16.8. The van der Waals surface area contributed by atoms with Crippen LogP contribution in [0.2, 0.25) is 0 Å². The maximum atomic E-state index is 5.37. The van der Waals surface area contributed by atoms with E-state index in [1.807, 2.05) is 6.92 Å². The third-order valence-corrected chi connectivity index (χ3v) is 3.92. The summed E-state index contributed by atoms with van der Waals surface area (Å²) in [6.45, 7) is 6.30. The fraction of sp³-hybridized carbons (Fsp3) is 0.222. The summed E-state index contributed by atoms with van der Waals surface area (Å²) < 4.78 is 5.37. The SMILES string of the molecule is Cc1ccccc1C=C(c1ccccc1C)C(C)O[Si]. The maximum absolute atomic E-state index is 5.37. The van der Waals surface area contributed by atoms with Crippen molar-refractivity contribution in [2.45, 2.75) is 26.9 Å². The molecule has 0 aliphatic heterocycles. The molecule has 0 aromatic heterocycles. The van der Waals surface area contributed by atoms with Gasteiger partial charge in [0.15, 0.2) is 0 Å². The molecule has 0 heterocycles. The second kappa shape index (κ2) is 6.68. The lowest BCUT2D eigenvalue weighted by atomic mass is 9.94. The average Bonchev–Trinajstić information content (AvgIpc) is 2.47. The summed E-state index contributed by atoms with van der Waals surface area (Å²) in [6.07, 6.45) is 2.19. The number of benzene rings is 2. The molecular formula is C18H19OSi. The fourth-order valence-electron chi connectivity index (χ4n) is 2.29. The van der Waals surface area contributed by atoms with Crippen molar-refractivity contribution in [1.82, 2.24) is 0 Å². The van der Waals surface area contributed by atoms with E-state index in [0.717, 1.165) is 0 Å². The van der Waals surface area contributed by atoms with Gasteiger partial charge in [-0.2, -0.15) is 0 Å². The van der Waals surface area contributed by atoms with E-state index >= 15 is 0 Å². The first-order valence-electron chi connectivity index (χ1n) is 6.79. The second-order valence-corrected chi connectivity index (χ2v) is 5.27. The number of hydrogen-bond donors (Lipinski definition) is 0. The molecule has 0 fully saturated rings. The van der Waals surface area contributed by atoms with Crippen molar-refractivity contribution >= 4 is 22.1 Å². The van der Waals surface area contributed by atoms with Gasteiger partial charge < -0.3 is 4.43 Å². The molecule has 3 radical (unpaired) electrons. The van der Waals surface area contributed by atoms with Crippen molar-refractivity contribution in [3.05, 3.63) is 70.8 Å². The number of rotatable bonds is 4. The van der Waals surface area contributed by atoms with Crippen LogP contribution in [-0.2, 0) is 4.43 Å². The van der Waals surface area contributed by atoms with Gasteiger partial charge in [-0.15, -0.1) is 0 Å². The third kappa shape index (κ3) is 3.27. The molecule has 0 N–H and O–H groups in total. The van der Waals surface area contributed by atoms with Crippen molar-refractivity contribution in [3.63, 3.8) is 0 Å². The highest BCUT2D eigenvalue weighted by atomic mass is 28.2. The van der Waals surface area contributed by atoms with Crippen LogP contribution in [0, 0.1) is 13.8 Å². The fourth-order valence-corrected chi connectivity index (χ4v) is 2.42. The molecule has 20 heavy (non-hydrogen) atoms. The lowest BCUT2D eigenvalue weighted by Crippen LogP contribution is -2.09. The van der Waals surface area contributed by atoms with Crippen molar-refractivity contribution in [2.24, 2.45) is 0 Å². The standard InChI is InChI=1S/C18H19OSi/c1-13-8-4-6-10-16(13)12-18(15(3)19-20)17-11-7-5-9-14(17)2/h4-12,15H,1-3H3. The Hall–Kier alpha value is -1.64. The largest absolute Gasteiger partial charge is 0.412 e. The van der Waals surface area contributed by atoms with Crippen molar-refractivity contribution < 1.29 is 4.43 Å². The van der Waals surface area contributed by atoms with Crippen LogP contribution in [0.15, 0.2) is 48.5 Å². The number of hydrogen-bond acceptors (Lipinski definition) is 1. The zero-order chi connectivity index (χ0) is 14.5. The molecule has 0 aliphatic carbocycles. The highest BCUT2D eigenvalue weighted by molar-refractivity contribution is 5.99. The topological polar surface area (TPSA) is 9.23 Å². The Morgan fingerprint density at radius 3 is 2.20 bits per heavy atom. The monoisotopic (exact) mass is 279 g/mol. The Morgan fingerprint density at radius 1 is 1.00 bits per heavy atom. The van der Waals surface area contributed by atoms with Crippen molar-refractivity contribution in [3.8, 4) is 0 Å². The highest BCUT2D eigenvalue weighted by Crippen LogP contribution is 2.26. The highest BCUT2D eigenvalue weighted by Gasteiger charge is 2.12. The third-order valence-electron chi connectivity index (χ3n) is 3.57. The van der Waals surface area contributed by atoms with Gasteiger partial charge in [-0.1, -0.05) is 48.5 Å². The summed E-state index contributed by atoms with van der Waals surface area (Å²) in [7, 11) is 3.18. The molecule has 2 aromatic rings. The van der Waals surface area contributed by atoms with E-state index < -0.39 is 0 Å². The van der Waals surface area contributed by atoms with E-state index in [9.17, 15) is 0 Å². The van der Waals surface area contributed by atoms with Gasteiger partial charge in [-0.3, -0.25) is 0 Å². The first-order valence-corrected chi connectivity index (χ1v) is 7.20. The molecule has 0 spiro atoms. The normalized spacial score (nSPS) is 13.3. The summed E-state index contributed by atoms with van der Waals surface area (Å²) in [5.41, 5.74) is 6.14.